The van der Waals surface area contributed by atoms with Crippen molar-refractivity contribution in [2.24, 2.45) is 0 Å². The molecule has 0 saturated heterocycles. The minimum Gasteiger partial charge on any atom is -0.497 e. The van der Waals surface area contributed by atoms with Crippen LogP contribution in [0.15, 0.2) is 42.5 Å². The summed E-state index contributed by atoms with van der Waals surface area (Å²) in [6.07, 6.45) is 0.995. The second kappa shape index (κ2) is 11.6. The summed E-state index contributed by atoms with van der Waals surface area (Å²) in [5.41, 5.74) is 0.893. The van der Waals surface area contributed by atoms with E-state index in [-0.39, 0.29) is 23.9 Å². The number of hydrogen-bond donors (Lipinski definition) is 1. The van der Waals surface area contributed by atoms with Crippen molar-refractivity contribution < 1.29 is 32.2 Å². The Balaban J connectivity index is 2.46. The highest BCUT2D eigenvalue weighted by Crippen LogP contribution is 2.34. The number of rotatable bonds is 11. The number of nitrogens with one attached hydrogen (secondary N) is 1. The Hall–Kier alpha value is -3.47. The molecule has 0 aliphatic heterocycles. The first-order chi connectivity index (χ1) is 16.0. The number of benzene rings is 2. The zero-order valence-electron chi connectivity index (χ0n) is 20.2. The lowest BCUT2D eigenvalue weighted by Gasteiger charge is -2.31. The molecule has 11 heteroatoms. The molecule has 0 saturated carbocycles. The molecule has 0 aliphatic carbocycles. The molecule has 0 spiro atoms. The Labute approximate surface area is 200 Å². The van der Waals surface area contributed by atoms with Gasteiger partial charge in [0.2, 0.25) is 21.8 Å². The second-order valence-electron chi connectivity index (χ2n) is 7.47. The Kier molecular flexibility index (Phi) is 9.13. The Morgan fingerprint density at radius 1 is 0.971 bits per heavy atom. The predicted molar refractivity (Wildman–Crippen MR) is 129 cm³/mol. The van der Waals surface area contributed by atoms with E-state index in [4.69, 9.17) is 14.2 Å². The van der Waals surface area contributed by atoms with Crippen LogP contribution in [-0.2, 0) is 26.2 Å². The largest absolute Gasteiger partial charge is 0.497 e. The van der Waals surface area contributed by atoms with Gasteiger partial charge < -0.3 is 24.4 Å². The van der Waals surface area contributed by atoms with Crippen LogP contribution in [0.3, 0.4) is 0 Å². The fourth-order valence-corrected chi connectivity index (χ4v) is 4.15. The van der Waals surface area contributed by atoms with Crippen molar-refractivity contribution in [2.45, 2.75) is 19.5 Å². The SMILES string of the molecule is CNC(=O)[C@H](C)N(Cc1ccc(OC)cc1)C(=O)CN(c1cc(OC)ccc1OC)S(C)(=O)=O. The number of amides is 2. The van der Waals surface area contributed by atoms with Gasteiger partial charge in [0.25, 0.3) is 0 Å². The first-order valence-corrected chi connectivity index (χ1v) is 12.2. The van der Waals surface area contributed by atoms with Gasteiger partial charge in [0.15, 0.2) is 0 Å². The van der Waals surface area contributed by atoms with Gasteiger partial charge in [0, 0.05) is 19.7 Å². The van der Waals surface area contributed by atoms with Gasteiger partial charge in [-0.15, -0.1) is 0 Å². The Morgan fingerprint density at radius 3 is 2.06 bits per heavy atom. The van der Waals surface area contributed by atoms with Crippen LogP contribution in [0.2, 0.25) is 0 Å². The summed E-state index contributed by atoms with van der Waals surface area (Å²) in [4.78, 5) is 27.2. The van der Waals surface area contributed by atoms with Gasteiger partial charge in [-0.3, -0.25) is 13.9 Å². The fourth-order valence-electron chi connectivity index (χ4n) is 3.31. The molecular formula is C23H31N3O7S. The molecule has 1 atom stereocenters. The van der Waals surface area contributed by atoms with Gasteiger partial charge in [-0.1, -0.05) is 12.1 Å². The van der Waals surface area contributed by atoms with Crippen LogP contribution in [0.4, 0.5) is 5.69 Å². The highest BCUT2D eigenvalue weighted by atomic mass is 32.2. The maximum Gasteiger partial charge on any atom is 0.244 e. The molecule has 2 rings (SSSR count). The van der Waals surface area contributed by atoms with Gasteiger partial charge in [-0.25, -0.2) is 8.42 Å². The maximum atomic E-state index is 13.5. The van der Waals surface area contributed by atoms with E-state index in [1.807, 2.05) is 0 Å². The summed E-state index contributed by atoms with van der Waals surface area (Å²) in [5.74, 6) is 0.342. The van der Waals surface area contributed by atoms with Crippen LogP contribution in [0.5, 0.6) is 17.2 Å². The van der Waals surface area contributed by atoms with Crippen LogP contribution in [0.25, 0.3) is 0 Å². The molecule has 0 heterocycles. The van der Waals surface area contributed by atoms with E-state index in [1.54, 1.807) is 50.4 Å². The maximum absolute atomic E-state index is 13.5. The first kappa shape index (κ1) is 26.8. The topological polar surface area (TPSA) is 114 Å². The summed E-state index contributed by atoms with van der Waals surface area (Å²) in [7, 11) is 1.96. The minimum absolute atomic E-state index is 0.0876. The lowest BCUT2D eigenvalue weighted by molar-refractivity contribution is -0.139. The van der Waals surface area contributed by atoms with Crippen LogP contribution in [0.1, 0.15) is 12.5 Å². The molecule has 34 heavy (non-hydrogen) atoms. The number of anilines is 1. The van der Waals surface area contributed by atoms with Crippen molar-refractivity contribution >= 4 is 27.5 Å². The molecule has 0 fully saturated rings. The molecule has 1 N–H and O–H groups in total. The number of methoxy groups -OCH3 is 3. The second-order valence-corrected chi connectivity index (χ2v) is 9.37. The van der Waals surface area contributed by atoms with Gasteiger partial charge in [0.05, 0.1) is 33.3 Å². The van der Waals surface area contributed by atoms with Crippen molar-refractivity contribution in [2.75, 3.05) is 45.5 Å². The standard InChI is InChI=1S/C23H31N3O7S/c1-16(23(28)24-2)25(14-17-7-9-18(31-3)10-8-17)22(27)15-26(34(6,29)30)20-13-19(32-4)11-12-21(20)33-5/h7-13,16H,14-15H2,1-6H3,(H,24,28)/t16-/m0/s1. The summed E-state index contributed by atoms with van der Waals surface area (Å²) >= 11 is 0. The number of ether oxygens (including phenoxy) is 3. The average Bonchev–Trinajstić information content (AvgIpc) is 2.83. The number of likely N-dealkylation sites (N-methyl/N-ethyl adjacent to an activating group) is 1. The molecule has 0 aliphatic rings. The molecular weight excluding hydrogens is 462 g/mol. The third-order valence-electron chi connectivity index (χ3n) is 5.26. The summed E-state index contributed by atoms with van der Waals surface area (Å²) in [5, 5.41) is 2.53. The molecule has 186 valence electrons. The van der Waals surface area contributed by atoms with E-state index in [1.165, 1.54) is 32.2 Å². The predicted octanol–water partition coefficient (Wildman–Crippen LogP) is 1.64. The van der Waals surface area contributed by atoms with Gasteiger partial charge in [-0.05, 0) is 36.8 Å². The molecule has 2 aromatic carbocycles. The van der Waals surface area contributed by atoms with E-state index in [0.717, 1.165) is 16.1 Å². The average molecular weight is 494 g/mol. The van der Waals surface area contributed by atoms with Crippen molar-refractivity contribution in [1.82, 2.24) is 10.2 Å². The third-order valence-corrected chi connectivity index (χ3v) is 6.39. The highest BCUT2D eigenvalue weighted by Gasteiger charge is 2.31. The van der Waals surface area contributed by atoms with E-state index in [0.29, 0.717) is 11.5 Å². The van der Waals surface area contributed by atoms with Crippen LogP contribution in [0, 0.1) is 0 Å². The van der Waals surface area contributed by atoms with Crippen LogP contribution >= 0.6 is 0 Å². The Bertz CT molecular complexity index is 1100. The van der Waals surface area contributed by atoms with E-state index >= 15 is 0 Å². The monoisotopic (exact) mass is 493 g/mol. The van der Waals surface area contributed by atoms with Crippen LogP contribution < -0.4 is 23.8 Å². The smallest absolute Gasteiger partial charge is 0.244 e. The lowest BCUT2D eigenvalue weighted by atomic mass is 10.1. The van der Waals surface area contributed by atoms with Crippen molar-refractivity contribution in [3.8, 4) is 17.2 Å². The summed E-state index contributed by atoms with van der Waals surface area (Å²) < 4.78 is 42.1. The number of hydrogen-bond acceptors (Lipinski definition) is 7. The normalized spacial score (nSPS) is 11.8. The highest BCUT2D eigenvalue weighted by molar-refractivity contribution is 7.92. The van der Waals surface area contributed by atoms with Crippen molar-refractivity contribution in [3.05, 3.63) is 48.0 Å². The van der Waals surface area contributed by atoms with Gasteiger partial charge >= 0.3 is 0 Å². The van der Waals surface area contributed by atoms with E-state index < -0.39 is 28.5 Å². The summed E-state index contributed by atoms with van der Waals surface area (Å²) in [6, 6.07) is 10.8. The Morgan fingerprint density at radius 2 is 1.56 bits per heavy atom. The zero-order valence-corrected chi connectivity index (χ0v) is 21.0. The van der Waals surface area contributed by atoms with Gasteiger partial charge in [-0.2, -0.15) is 0 Å². The molecule has 10 nitrogen and oxygen atoms in total. The minimum atomic E-state index is -3.90. The third kappa shape index (κ3) is 6.53. The zero-order chi connectivity index (χ0) is 25.5. The lowest BCUT2D eigenvalue weighted by Crippen LogP contribution is -2.50. The fraction of sp³-hybridized carbons (Fsp3) is 0.391. The van der Waals surface area contributed by atoms with E-state index in [2.05, 4.69) is 5.32 Å². The molecule has 2 amide bonds. The molecule has 0 unspecified atom stereocenters. The number of carbonyl (C=O) groups excluding carboxylic acids is 2. The number of carbonyl (C=O) groups is 2. The van der Waals surface area contributed by atoms with Gasteiger partial charge in [0.1, 0.15) is 29.8 Å². The van der Waals surface area contributed by atoms with E-state index in [9.17, 15) is 18.0 Å². The number of nitrogens with zero attached hydrogens (tertiary/aromatic N) is 2. The van der Waals surface area contributed by atoms with Crippen molar-refractivity contribution in [1.29, 1.82) is 0 Å². The van der Waals surface area contributed by atoms with Crippen molar-refractivity contribution in [3.63, 3.8) is 0 Å². The molecule has 0 aromatic heterocycles. The summed E-state index contributed by atoms with van der Waals surface area (Å²) in [6.45, 7) is 1.13. The first-order valence-electron chi connectivity index (χ1n) is 10.4. The molecule has 0 bridgehead atoms. The molecule has 0 radical (unpaired) electrons. The van der Waals surface area contributed by atoms with Crippen LogP contribution in [-0.4, -0.2) is 72.4 Å². The number of sulfonamides is 1. The quantitative estimate of drug-likeness (QED) is 0.506. The molecule has 2 aromatic rings.